The van der Waals surface area contributed by atoms with Crippen molar-refractivity contribution in [3.05, 3.63) is 23.8 Å². The number of methoxy groups -OCH3 is 1. The van der Waals surface area contributed by atoms with Crippen LogP contribution in [0.2, 0.25) is 0 Å². The van der Waals surface area contributed by atoms with Gasteiger partial charge in [0.15, 0.2) is 11.5 Å². The summed E-state index contributed by atoms with van der Waals surface area (Å²) in [5.41, 5.74) is 0.213. The smallest absolute Gasteiger partial charge is 0.255 e. The molecule has 0 atom stereocenters. The Morgan fingerprint density at radius 1 is 1.32 bits per heavy atom. The number of benzene rings is 1. The fourth-order valence-corrected chi connectivity index (χ4v) is 2.35. The van der Waals surface area contributed by atoms with E-state index in [0.717, 1.165) is 12.8 Å². The minimum absolute atomic E-state index is 0.0569. The summed E-state index contributed by atoms with van der Waals surface area (Å²) in [6.45, 7) is 0. The second-order valence-corrected chi connectivity index (χ2v) is 4.84. The zero-order valence-corrected chi connectivity index (χ0v) is 10.9. The predicted octanol–water partition coefficient (Wildman–Crippen LogP) is 1.43. The molecular weight excluding hydrogens is 246 g/mol. The van der Waals surface area contributed by atoms with Crippen molar-refractivity contribution < 1.29 is 19.7 Å². The van der Waals surface area contributed by atoms with Gasteiger partial charge < -0.3 is 20.3 Å². The summed E-state index contributed by atoms with van der Waals surface area (Å²) < 4.78 is 4.98. The average molecular weight is 265 g/mol. The van der Waals surface area contributed by atoms with E-state index in [1.165, 1.54) is 7.11 Å². The number of carbonyl (C=O) groups is 1. The van der Waals surface area contributed by atoms with Crippen molar-refractivity contribution in [1.29, 1.82) is 0 Å². The number of hydrogen-bond donors (Lipinski definition) is 3. The lowest BCUT2D eigenvalue weighted by molar-refractivity contribution is 0.0864. The van der Waals surface area contributed by atoms with Crippen molar-refractivity contribution in [2.45, 2.75) is 37.8 Å². The van der Waals surface area contributed by atoms with Crippen LogP contribution < -0.4 is 10.1 Å². The minimum Gasteiger partial charge on any atom is -0.504 e. The monoisotopic (exact) mass is 265 g/mol. The maximum Gasteiger partial charge on any atom is 0.255 e. The molecule has 1 aliphatic carbocycles. The molecule has 0 radical (unpaired) electrons. The van der Waals surface area contributed by atoms with Crippen molar-refractivity contribution in [3.8, 4) is 11.5 Å². The number of carbonyl (C=O) groups excluding carboxylic acids is 1. The zero-order valence-electron chi connectivity index (χ0n) is 10.9. The Labute approximate surface area is 112 Å². The fourth-order valence-electron chi connectivity index (χ4n) is 2.35. The molecule has 0 bridgehead atoms. The maximum absolute atomic E-state index is 12.1. The number of rotatable bonds is 3. The van der Waals surface area contributed by atoms with E-state index in [1.54, 1.807) is 18.2 Å². The number of aliphatic hydroxyl groups excluding tert-OH is 1. The van der Waals surface area contributed by atoms with Crippen molar-refractivity contribution in [2.24, 2.45) is 0 Å². The Morgan fingerprint density at radius 2 is 2.00 bits per heavy atom. The first-order valence-corrected chi connectivity index (χ1v) is 6.46. The summed E-state index contributed by atoms with van der Waals surface area (Å²) in [6, 6.07) is 4.88. The van der Waals surface area contributed by atoms with E-state index in [4.69, 9.17) is 4.74 Å². The molecule has 0 aliphatic heterocycles. The lowest BCUT2D eigenvalue weighted by Crippen LogP contribution is -2.38. The fraction of sp³-hybridized carbons (Fsp3) is 0.500. The SMILES string of the molecule is COc1cccc(C(=O)NC2CCC(O)CC2)c1O. The Kier molecular flexibility index (Phi) is 4.27. The third-order valence-corrected chi connectivity index (χ3v) is 3.50. The van der Waals surface area contributed by atoms with E-state index in [0.29, 0.717) is 12.8 Å². The summed E-state index contributed by atoms with van der Waals surface area (Å²) >= 11 is 0. The number of nitrogens with one attached hydrogen (secondary N) is 1. The van der Waals surface area contributed by atoms with Crippen molar-refractivity contribution in [3.63, 3.8) is 0 Å². The number of aromatic hydroxyl groups is 1. The predicted molar refractivity (Wildman–Crippen MR) is 70.4 cm³/mol. The van der Waals surface area contributed by atoms with Crippen LogP contribution in [0.4, 0.5) is 0 Å². The molecule has 1 aromatic rings. The summed E-state index contributed by atoms with van der Waals surface area (Å²) in [6.07, 6.45) is 2.68. The van der Waals surface area contributed by atoms with E-state index < -0.39 is 0 Å². The number of amides is 1. The van der Waals surface area contributed by atoms with Gasteiger partial charge in [0.2, 0.25) is 0 Å². The van der Waals surface area contributed by atoms with Gasteiger partial charge in [0, 0.05) is 6.04 Å². The Balaban J connectivity index is 2.04. The molecule has 1 aromatic carbocycles. The molecule has 19 heavy (non-hydrogen) atoms. The number of phenolic OH excluding ortho intramolecular Hbond substituents is 1. The van der Waals surface area contributed by atoms with Crippen LogP contribution in [0, 0.1) is 0 Å². The molecule has 0 spiro atoms. The topological polar surface area (TPSA) is 78.8 Å². The summed E-state index contributed by atoms with van der Waals surface area (Å²) in [7, 11) is 1.44. The summed E-state index contributed by atoms with van der Waals surface area (Å²) in [4.78, 5) is 12.1. The highest BCUT2D eigenvalue weighted by atomic mass is 16.5. The van der Waals surface area contributed by atoms with Crippen LogP contribution in [0.5, 0.6) is 11.5 Å². The molecule has 2 rings (SSSR count). The maximum atomic E-state index is 12.1. The first kappa shape index (κ1) is 13.7. The third-order valence-electron chi connectivity index (χ3n) is 3.50. The van der Waals surface area contributed by atoms with Crippen LogP contribution in [0.25, 0.3) is 0 Å². The van der Waals surface area contributed by atoms with E-state index >= 15 is 0 Å². The molecule has 3 N–H and O–H groups in total. The quantitative estimate of drug-likeness (QED) is 0.772. The molecule has 1 saturated carbocycles. The normalized spacial score (nSPS) is 22.8. The van der Waals surface area contributed by atoms with Gasteiger partial charge >= 0.3 is 0 Å². The van der Waals surface area contributed by atoms with Gasteiger partial charge in [-0.15, -0.1) is 0 Å². The minimum atomic E-state index is -0.308. The molecule has 104 valence electrons. The summed E-state index contributed by atoms with van der Waals surface area (Å²) in [5, 5.41) is 22.2. The molecule has 0 unspecified atom stereocenters. The number of aliphatic hydroxyl groups is 1. The van der Waals surface area contributed by atoms with Crippen molar-refractivity contribution >= 4 is 5.91 Å². The van der Waals surface area contributed by atoms with E-state index in [2.05, 4.69) is 5.32 Å². The van der Waals surface area contributed by atoms with E-state index in [1.807, 2.05) is 0 Å². The second kappa shape index (κ2) is 5.93. The number of phenols is 1. The van der Waals surface area contributed by atoms with Gasteiger partial charge in [0.05, 0.1) is 18.8 Å². The van der Waals surface area contributed by atoms with E-state index in [-0.39, 0.29) is 35.1 Å². The van der Waals surface area contributed by atoms with Gasteiger partial charge in [0.25, 0.3) is 5.91 Å². The van der Waals surface area contributed by atoms with Crippen LogP contribution in [0.1, 0.15) is 36.0 Å². The molecule has 0 saturated heterocycles. The third kappa shape index (κ3) is 3.17. The first-order chi connectivity index (χ1) is 9.11. The average Bonchev–Trinajstić information content (AvgIpc) is 2.41. The molecule has 5 heteroatoms. The van der Waals surface area contributed by atoms with Crippen LogP contribution in [0.3, 0.4) is 0 Å². The molecule has 0 heterocycles. The van der Waals surface area contributed by atoms with Gasteiger partial charge in [-0.25, -0.2) is 0 Å². The van der Waals surface area contributed by atoms with Crippen LogP contribution in [-0.4, -0.2) is 35.4 Å². The standard InChI is InChI=1S/C14H19NO4/c1-19-12-4-2-3-11(13(12)17)14(18)15-9-5-7-10(16)8-6-9/h2-4,9-10,16-17H,5-8H2,1H3,(H,15,18). The number of para-hydroxylation sites is 1. The second-order valence-electron chi connectivity index (χ2n) is 4.84. The molecule has 1 aliphatic rings. The van der Waals surface area contributed by atoms with Gasteiger partial charge in [-0.2, -0.15) is 0 Å². The van der Waals surface area contributed by atoms with E-state index in [9.17, 15) is 15.0 Å². The van der Waals surface area contributed by atoms with Gasteiger partial charge in [-0.3, -0.25) is 4.79 Å². The molecule has 1 fully saturated rings. The Hall–Kier alpha value is -1.75. The molecule has 0 aromatic heterocycles. The zero-order chi connectivity index (χ0) is 13.8. The van der Waals surface area contributed by atoms with Crippen LogP contribution in [-0.2, 0) is 0 Å². The molecule has 1 amide bonds. The van der Waals surface area contributed by atoms with Gasteiger partial charge in [-0.05, 0) is 37.8 Å². The van der Waals surface area contributed by atoms with Crippen LogP contribution in [0.15, 0.2) is 18.2 Å². The highest BCUT2D eigenvalue weighted by molar-refractivity contribution is 5.97. The largest absolute Gasteiger partial charge is 0.504 e. The number of ether oxygens (including phenoxy) is 1. The molecule has 5 nitrogen and oxygen atoms in total. The lowest BCUT2D eigenvalue weighted by atomic mass is 9.93. The van der Waals surface area contributed by atoms with Crippen molar-refractivity contribution in [2.75, 3.05) is 7.11 Å². The summed E-state index contributed by atoms with van der Waals surface area (Å²) in [5.74, 6) is -0.164. The van der Waals surface area contributed by atoms with Gasteiger partial charge in [-0.1, -0.05) is 6.07 Å². The number of hydrogen-bond acceptors (Lipinski definition) is 4. The Morgan fingerprint density at radius 3 is 2.63 bits per heavy atom. The first-order valence-electron chi connectivity index (χ1n) is 6.46. The Bertz CT molecular complexity index is 453. The van der Waals surface area contributed by atoms with Crippen LogP contribution >= 0.6 is 0 Å². The van der Waals surface area contributed by atoms with Crippen molar-refractivity contribution in [1.82, 2.24) is 5.32 Å². The highest BCUT2D eigenvalue weighted by Crippen LogP contribution is 2.29. The highest BCUT2D eigenvalue weighted by Gasteiger charge is 2.23. The molecular formula is C14H19NO4. The lowest BCUT2D eigenvalue weighted by Gasteiger charge is -2.26. The van der Waals surface area contributed by atoms with Gasteiger partial charge in [0.1, 0.15) is 0 Å².